The molecule has 0 radical (unpaired) electrons. The summed E-state index contributed by atoms with van der Waals surface area (Å²) >= 11 is 0. The Bertz CT molecular complexity index is 450. The molecule has 0 saturated heterocycles. The summed E-state index contributed by atoms with van der Waals surface area (Å²) < 4.78 is 4.60. The van der Waals surface area contributed by atoms with Crippen LogP contribution in [-0.4, -0.2) is 24.6 Å². The van der Waals surface area contributed by atoms with E-state index in [9.17, 15) is 14.4 Å². The molecule has 1 rings (SSSR count). The molecule has 0 aliphatic carbocycles. The van der Waals surface area contributed by atoms with Crippen molar-refractivity contribution < 1.29 is 19.1 Å². The van der Waals surface area contributed by atoms with Crippen molar-refractivity contribution in [2.24, 2.45) is 5.92 Å². The molecular weight excluding hydrogens is 244 g/mol. The molecule has 0 saturated carbocycles. The molecule has 1 atom stereocenters. The van der Waals surface area contributed by atoms with E-state index in [-0.39, 0.29) is 24.4 Å². The van der Waals surface area contributed by atoms with Crippen molar-refractivity contribution in [1.82, 2.24) is 0 Å². The van der Waals surface area contributed by atoms with Gasteiger partial charge >= 0.3 is 5.97 Å². The molecule has 0 heterocycles. The summed E-state index contributed by atoms with van der Waals surface area (Å²) in [5.41, 5.74) is 0.501. The van der Waals surface area contributed by atoms with Gasteiger partial charge in [0, 0.05) is 18.4 Å². The quantitative estimate of drug-likeness (QED) is 0.430. The van der Waals surface area contributed by atoms with Gasteiger partial charge in [-0.1, -0.05) is 37.3 Å². The zero-order chi connectivity index (χ0) is 14.3. The van der Waals surface area contributed by atoms with Gasteiger partial charge in [-0.2, -0.15) is 0 Å². The van der Waals surface area contributed by atoms with Gasteiger partial charge in [-0.3, -0.25) is 14.4 Å². The molecule has 0 aliphatic rings. The highest BCUT2D eigenvalue weighted by Gasteiger charge is 2.29. The minimum atomic E-state index is -0.988. The van der Waals surface area contributed by atoms with Crippen molar-refractivity contribution in [3.8, 4) is 0 Å². The maximum atomic E-state index is 12.0. The molecule has 102 valence electrons. The van der Waals surface area contributed by atoms with E-state index in [1.165, 1.54) is 7.11 Å². The number of hydrogen-bond acceptors (Lipinski definition) is 4. The van der Waals surface area contributed by atoms with E-state index in [1.807, 2.05) is 6.92 Å². The Labute approximate surface area is 112 Å². The summed E-state index contributed by atoms with van der Waals surface area (Å²) in [5.74, 6) is -2.08. The van der Waals surface area contributed by atoms with Gasteiger partial charge in [0.1, 0.15) is 11.7 Å². The largest absolute Gasteiger partial charge is 0.468 e. The van der Waals surface area contributed by atoms with E-state index in [0.717, 1.165) is 0 Å². The first kappa shape index (κ1) is 15.1. The third-order valence-corrected chi connectivity index (χ3v) is 2.86. The number of Topliss-reactive ketones (excluding diaryl/α,β-unsaturated/α-hetero) is 2. The Kier molecular flexibility index (Phi) is 5.93. The predicted molar refractivity (Wildman–Crippen MR) is 70.8 cm³/mol. The van der Waals surface area contributed by atoms with Crippen molar-refractivity contribution in [3.63, 3.8) is 0 Å². The number of ether oxygens (including phenoxy) is 1. The van der Waals surface area contributed by atoms with E-state index < -0.39 is 11.9 Å². The first-order valence-electron chi connectivity index (χ1n) is 6.29. The summed E-state index contributed by atoms with van der Waals surface area (Å²) in [5, 5.41) is 0. The number of methoxy groups -OCH3 is 1. The lowest BCUT2D eigenvalue weighted by Crippen LogP contribution is -2.27. The van der Waals surface area contributed by atoms with Crippen LogP contribution >= 0.6 is 0 Å². The second kappa shape index (κ2) is 7.46. The highest BCUT2D eigenvalue weighted by atomic mass is 16.5. The van der Waals surface area contributed by atoms with Crippen LogP contribution in [0.5, 0.6) is 0 Å². The van der Waals surface area contributed by atoms with Crippen LogP contribution in [0.25, 0.3) is 0 Å². The number of carbonyl (C=O) groups excluding carboxylic acids is 3. The van der Waals surface area contributed by atoms with E-state index >= 15 is 0 Å². The fourth-order valence-corrected chi connectivity index (χ4v) is 1.82. The Hall–Kier alpha value is -1.97. The van der Waals surface area contributed by atoms with Crippen LogP contribution in [0.15, 0.2) is 30.3 Å². The van der Waals surface area contributed by atoms with Crippen molar-refractivity contribution in [1.29, 1.82) is 0 Å². The fourth-order valence-electron chi connectivity index (χ4n) is 1.82. The molecular formula is C15H18O4. The molecule has 19 heavy (non-hydrogen) atoms. The Balaban J connectivity index is 2.80. The predicted octanol–water partition coefficient (Wildman–Crippen LogP) is 2.42. The molecule has 1 aromatic carbocycles. The Morgan fingerprint density at radius 1 is 1.16 bits per heavy atom. The summed E-state index contributed by atoms with van der Waals surface area (Å²) in [6.45, 7) is 1.85. The highest BCUT2D eigenvalue weighted by Crippen LogP contribution is 2.15. The van der Waals surface area contributed by atoms with E-state index in [0.29, 0.717) is 12.0 Å². The van der Waals surface area contributed by atoms with Gasteiger partial charge in [0.2, 0.25) is 0 Å². The molecule has 0 spiro atoms. The van der Waals surface area contributed by atoms with Gasteiger partial charge in [-0.05, 0) is 6.42 Å². The molecule has 0 aliphatic heterocycles. The van der Waals surface area contributed by atoms with Gasteiger partial charge < -0.3 is 4.74 Å². The van der Waals surface area contributed by atoms with Crippen LogP contribution in [0.4, 0.5) is 0 Å². The zero-order valence-electron chi connectivity index (χ0n) is 11.2. The van der Waals surface area contributed by atoms with Crippen molar-refractivity contribution in [3.05, 3.63) is 35.9 Å². The van der Waals surface area contributed by atoms with Crippen LogP contribution in [0.2, 0.25) is 0 Å². The third kappa shape index (κ3) is 4.32. The monoisotopic (exact) mass is 262 g/mol. The fraction of sp³-hybridized carbons (Fsp3) is 0.400. The summed E-state index contributed by atoms with van der Waals surface area (Å²) in [4.78, 5) is 35.5. The minimum Gasteiger partial charge on any atom is -0.468 e. The van der Waals surface area contributed by atoms with E-state index in [1.54, 1.807) is 30.3 Å². The maximum absolute atomic E-state index is 12.0. The number of carbonyl (C=O) groups is 3. The lowest BCUT2D eigenvalue weighted by atomic mass is 9.92. The zero-order valence-corrected chi connectivity index (χ0v) is 11.2. The molecule has 4 nitrogen and oxygen atoms in total. The molecule has 0 N–H and O–H groups in total. The lowest BCUT2D eigenvalue weighted by molar-refractivity contribution is -0.149. The van der Waals surface area contributed by atoms with Crippen LogP contribution in [0.1, 0.15) is 36.5 Å². The first-order valence-corrected chi connectivity index (χ1v) is 6.29. The molecule has 0 aromatic heterocycles. The molecule has 4 heteroatoms. The number of benzene rings is 1. The van der Waals surface area contributed by atoms with Crippen molar-refractivity contribution in [2.45, 2.75) is 26.2 Å². The molecule has 1 unspecified atom stereocenters. The Morgan fingerprint density at radius 3 is 2.32 bits per heavy atom. The van der Waals surface area contributed by atoms with Crippen LogP contribution in [0, 0.1) is 5.92 Å². The third-order valence-electron chi connectivity index (χ3n) is 2.86. The topological polar surface area (TPSA) is 60.4 Å². The van der Waals surface area contributed by atoms with Gasteiger partial charge in [-0.15, -0.1) is 0 Å². The summed E-state index contributed by atoms with van der Waals surface area (Å²) in [6.07, 6.45) is 0.795. The first-order chi connectivity index (χ1) is 9.10. The molecule has 0 bridgehead atoms. The summed E-state index contributed by atoms with van der Waals surface area (Å²) in [7, 11) is 1.22. The van der Waals surface area contributed by atoms with E-state index in [4.69, 9.17) is 0 Å². The standard InChI is InChI=1S/C15H18O4/c1-3-7-13(16)12(15(18)19-2)10-14(17)11-8-5-4-6-9-11/h4-6,8-9,12H,3,7,10H2,1-2H3. The SMILES string of the molecule is CCCC(=O)C(CC(=O)c1ccccc1)C(=O)OC. The molecule has 0 fully saturated rings. The van der Waals surface area contributed by atoms with Crippen molar-refractivity contribution >= 4 is 17.5 Å². The Morgan fingerprint density at radius 2 is 1.79 bits per heavy atom. The smallest absolute Gasteiger partial charge is 0.316 e. The number of esters is 1. The van der Waals surface area contributed by atoms with Crippen LogP contribution < -0.4 is 0 Å². The average Bonchev–Trinajstić information content (AvgIpc) is 2.44. The summed E-state index contributed by atoms with van der Waals surface area (Å²) in [6, 6.07) is 8.63. The van der Waals surface area contributed by atoms with Gasteiger partial charge in [0.25, 0.3) is 0 Å². The lowest BCUT2D eigenvalue weighted by Gasteiger charge is -2.12. The number of hydrogen-bond donors (Lipinski definition) is 0. The number of rotatable bonds is 7. The van der Waals surface area contributed by atoms with Crippen LogP contribution in [-0.2, 0) is 14.3 Å². The van der Waals surface area contributed by atoms with Gasteiger partial charge in [0.05, 0.1) is 7.11 Å². The number of ketones is 2. The average molecular weight is 262 g/mol. The minimum absolute atomic E-state index is 0.129. The normalized spacial score (nSPS) is 11.7. The molecule has 1 aromatic rings. The maximum Gasteiger partial charge on any atom is 0.316 e. The van der Waals surface area contributed by atoms with E-state index in [2.05, 4.69) is 4.74 Å². The highest BCUT2D eigenvalue weighted by molar-refractivity contribution is 6.06. The van der Waals surface area contributed by atoms with Gasteiger partial charge in [0.15, 0.2) is 5.78 Å². The van der Waals surface area contributed by atoms with Crippen molar-refractivity contribution in [2.75, 3.05) is 7.11 Å². The van der Waals surface area contributed by atoms with Crippen LogP contribution in [0.3, 0.4) is 0 Å². The second-order valence-electron chi connectivity index (χ2n) is 4.29. The molecule has 0 amide bonds. The van der Waals surface area contributed by atoms with Gasteiger partial charge in [-0.25, -0.2) is 0 Å². The second-order valence-corrected chi connectivity index (χ2v) is 4.29.